The smallest absolute Gasteiger partial charge is 0.0473 e. The van der Waals surface area contributed by atoms with Crippen molar-refractivity contribution in [3.05, 3.63) is 36.5 Å². The van der Waals surface area contributed by atoms with E-state index in [9.17, 15) is 0 Å². The number of hydrogen-bond acceptors (Lipinski definition) is 0. The molecule has 0 aliphatic heterocycles. The number of hydrogen-bond donors (Lipinski definition) is 0. The standard InChI is InChI=1S/C8H11Cl/c1-3-5-6-8(4-2)7-9/h3-6H,2,7H2,1H3/b5-3-,8-6+. The van der Waals surface area contributed by atoms with Gasteiger partial charge in [-0.2, -0.15) is 0 Å². The lowest BCUT2D eigenvalue weighted by Gasteiger charge is -1.88. The van der Waals surface area contributed by atoms with E-state index < -0.39 is 0 Å². The highest BCUT2D eigenvalue weighted by molar-refractivity contribution is 6.19. The van der Waals surface area contributed by atoms with E-state index in [0.717, 1.165) is 5.57 Å². The molecule has 0 aromatic heterocycles. The molecule has 0 amide bonds. The van der Waals surface area contributed by atoms with Crippen molar-refractivity contribution in [3.63, 3.8) is 0 Å². The average molecular weight is 143 g/mol. The fourth-order valence-electron chi connectivity index (χ4n) is 0.387. The molecular weight excluding hydrogens is 132 g/mol. The van der Waals surface area contributed by atoms with Gasteiger partial charge >= 0.3 is 0 Å². The van der Waals surface area contributed by atoms with Gasteiger partial charge in [0.25, 0.3) is 0 Å². The monoisotopic (exact) mass is 142 g/mol. The Kier molecular flexibility index (Phi) is 5.34. The summed E-state index contributed by atoms with van der Waals surface area (Å²) in [5.41, 5.74) is 1.05. The summed E-state index contributed by atoms with van der Waals surface area (Å²) in [7, 11) is 0. The fourth-order valence-corrected chi connectivity index (χ4v) is 0.585. The molecule has 0 aliphatic rings. The van der Waals surface area contributed by atoms with Gasteiger partial charge in [0, 0.05) is 5.88 Å². The molecule has 0 heterocycles. The highest BCUT2D eigenvalue weighted by Gasteiger charge is 1.81. The van der Waals surface area contributed by atoms with Gasteiger partial charge in [-0.05, 0) is 12.5 Å². The molecule has 1 heteroatoms. The van der Waals surface area contributed by atoms with Crippen LogP contribution in [0.3, 0.4) is 0 Å². The van der Waals surface area contributed by atoms with Crippen LogP contribution in [0.1, 0.15) is 6.92 Å². The third kappa shape index (κ3) is 4.04. The summed E-state index contributed by atoms with van der Waals surface area (Å²) < 4.78 is 0. The van der Waals surface area contributed by atoms with Crippen molar-refractivity contribution in [3.8, 4) is 0 Å². The van der Waals surface area contributed by atoms with Crippen LogP contribution in [0.2, 0.25) is 0 Å². The zero-order valence-electron chi connectivity index (χ0n) is 5.60. The first kappa shape index (κ1) is 8.51. The first-order chi connectivity index (χ1) is 4.35. The molecule has 0 aliphatic carbocycles. The minimum absolute atomic E-state index is 0.536. The molecule has 0 saturated heterocycles. The van der Waals surface area contributed by atoms with Crippen molar-refractivity contribution in [1.82, 2.24) is 0 Å². The Labute approximate surface area is 61.5 Å². The quantitative estimate of drug-likeness (QED) is 0.420. The highest BCUT2D eigenvalue weighted by atomic mass is 35.5. The maximum atomic E-state index is 5.53. The lowest BCUT2D eigenvalue weighted by molar-refractivity contribution is 1.53. The van der Waals surface area contributed by atoms with Crippen LogP contribution in [0.4, 0.5) is 0 Å². The van der Waals surface area contributed by atoms with E-state index in [-0.39, 0.29) is 0 Å². The van der Waals surface area contributed by atoms with Crippen molar-refractivity contribution < 1.29 is 0 Å². The SMILES string of the molecule is C=C/C(=C\C=C/C)CCl. The Morgan fingerprint density at radius 2 is 2.33 bits per heavy atom. The molecule has 0 unspecified atom stereocenters. The number of alkyl halides is 1. The average Bonchev–Trinajstić information content (AvgIpc) is 1.91. The second-order valence-corrected chi connectivity index (χ2v) is 1.87. The summed E-state index contributed by atoms with van der Waals surface area (Å²) in [5, 5.41) is 0. The van der Waals surface area contributed by atoms with E-state index in [2.05, 4.69) is 6.58 Å². The molecule has 50 valence electrons. The molecule has 0 aromatic rings. The Morgan fingerprint density at radius 3 is 2.67 bits per heavy atom. The summed E-state index contributed by atoms with van der Waals surface area (Å²) in [4.78, 5) is 0. The Hall–Kier alpha value is -0.490. The third-order valence-electron chi connectivity index (χ3n) is 0.919. The van der Waals surface area contributed by atoms with Crippen LogP contribution in [0.15, 0.2) is 36.5 Å². The summed E-state index contributed by atoms with van der Waals surface area (Å²) in [6, 6.07) is 0. The zero-order valence-corrected chi connectivity index (χ0v) is 6.36. The second-order valence-electron chi connectivity index (χ2n) is 1.61. The molecule has 0 aromatic carbocycles. The van der Waals surface area contributed by atoms with Crippen LogP contribution in [0, 0.1) is 0 Å². The second kappa shape index (κ2) is 5.64. The third-order valence-corrected chi connectivity index (χ3v) is 1.23. The highest BCUT2D eigenvalue weighted by Crippen LogP contribution is 1.98. The first-order valence-electron chi connectivity index (χ1n) is 2.85. The molecule has 0 spiro atoms. The molecule has 0 bridgehead atoms. The number of allylic oxidation sites excluding steroid dienone is 5. The summed E-state index contributed by atoms with van der Waals surface area (Å²) in [6.45, 7) is 5.56. The summed E-state index contributed by atoms with van der Waals surface area (Å²) >= 11 is 5.53. The van der Waals surface area contributed by atoms with Crippen LogP contribution in [-0.2, 0) is 0 Å². The number of halogens is 1. The molecule has 0 atom stereocenters. The lowest BCUT2D eigenvalue weighted by atomic mass is 10.3. The van der Waals surface area contributed by atoms with Gasteiger partial charge in [0.05, 0.1) is 0 Å². The molecule has 0 N–H and O–H groups in total. The number of rotatable bonds is 3. The van der Waals surface area contributed by atoms with Crippen molar-refractivity contribution in [1.29, 1.82) is 0 Å². The summed E-state index contributed by atoms with van der Waals surface area (Å²) in [5.74, 6) is 0.536. The van der Waals surface area contributed by atoms with Gasteiger partial charge < -0.3 is 0 Å². The van der Waals surface area contributed by atoms with E-state index in [1.807, 2.05) is 25.2 Å². The van der Waals surface area contributed by atoms with Crippen molar-refractivity contribution >= 4 is 11.6 Å². The van der Waals surface area contributed by atoms with Crippen LogP contribution < -0.4 is 0 Å². The van der Waals surface area contributed by atoms with E-state index in [4.69, 9.17) is 11.6 Å². The van der Waals surface area contributed by atoms with Gasteiger partial charge in [-0.1, -0.05) is 30.9 Å². The molecule has 9 heavy (non-hydrogen) atoms. The Morgan fingerprint density at radius 1 is 1.67 bits per heavy atom. The Balaban J connectivity index is 3.90. The van der Waals surface area contributed by atoms with Crippen LogP contribution >= 0.6 is 11.6 Å². The summed E-state index contributed by atoms with van der Waals surface area (Å²) in [6.07, 6.45) is 7.60. The topological polar surface area (TPSA) is 0 Å². The van der Waals surface area contributed by atoms with E-state index in [1.165, 1.54) is 0 Å². The molecule has 0 radical (unpaired) electrons. The molecule has 0 nitrogen and oxygen atoms in total. The van der Waals surface area contributed by atoms with Crippen molar-refractivity contribution in [2.75, 3.05) is 5.88 Å². The van der Waals surface area contributed by atoms with Crippen LogP contribution in [0.5, 0.6) is 0 Å². The molecule has 0 fully saturated rings. The zero-order chi connectivity index (χ0) is 7.11. The van der Waals surface area contributed by atoms with Gasteiger partial charge in [-0.3, -0.25) is 0 Å². The maximum Gasteiger partial charge on any atom is 0.0473 e. The fraction of sp³-hybridized carbons (Fsp3) is 0.250. The molecule has 0 saturated carbocycles. The molecule has 0 rings (SSSR count). The predicted octanol–water partition coefficient (Wildman–Crippen LogP) is 2.91. The van der Waals surface area contributed by atoms with Gasteiger partial charge in [0.15, 0.2) is 0 Å². The minimum atomic E-state index is 0.536. The van der Waals surface area contributed by atoms with Gasteiger partial charge in [0.2, 0.25) is 0 Å². The molecular formula is C8H11Cl. The first-order valence-corrected chi connectivity index (χ1v) is 3.38. The van der Waals surface area contributed by atoms with Crippen molar-refractivity contribution in [2.45, 2.75) is 6.92 Å². The van der Waals surface area contributed by atoms with E-state index in [0.29, 0.717) is 5.88 Å². The van der Waals surface area contributed by atoms with Crippen LogP contribution in [-0.4, -0.2) is 5.88 Å². The minimum Gasteiger partial charge on any atom is -0.122 e. The van der Waals surface area contributed by atoms with E-state index >= 15 is 0 Å². The van der Waals surface area contributed by atoms with Gasteiger partial charge in [-0.25, -0.2) is 0 Å². The normalized spacial score (nSPS) is 12.4. The lowest BCUT2D eigenvalue weighted by Crippen LogP contribution is -1.74. The maximum absolute atomic E-state index is 5.53. The van der Waals surface area contributed by atoms with E-state index in [1.54, 1.807) is 6.08 Å². The predicted molar refractivity (Wildman–Crippen MR) is 43.8 cm³/mol. The Bertz CT molecular complexity index is 132. The van der Waals surface area contributed by atoms with Gasteiger partial charge in [0.1, 0.15) is 0 Å². The van der Waals surface area contributed by atoms with Crippen molar-refractivity contribution in [2.24, 2.45) is 0 Å². The van der Waals surface area contributed by atoms with Gasteiger partial charge in [-0.15, -0.1) is 11.6 Å². The largest absolute Gasteiger partial charge is 0.122 e. The van der Waals surface area contributed by atoms with Crippen LogP contribution in [0.25, 0.3) is 0 Å².